The Balaban J connectivity index is 2.37. The number of sulfonamides is 1. The molecule has 0 aliphatic carbocycles. The minimum Gasteiger partial charge on any atom is -0.496 e. The number of methoxy groups -OCH3 is 1. The molecular weight excluding hydrogens is 348 g/mol. The van der Waals surface area contributed by atoms with Crippen molar-refractivity contribution in [3.63, 3.8) is 0 Å². The van der Waals surface area contributed by atoms with Crippen LogP contribution in [0.4, 0.5) is 11.4 Å². The van der Waals surface area contributed by atoms with Gasteiger partial charge in [-0.05, 0) is 81.6 Å². The van der Waals surface area contributed by atoms with E-state index in [0.717, 1.165) is 24.3 Å². The third kappa shape index (κ3) is 3.96. The highest BCUT2D eigenvalue weighted by Crippen LogP contribution is 2.31. The van der Waals surface area contributed by atoms with Gasteiger partial charge in [0.05, 0.1) is 12.0 Å². The molecule has 2 rings (SSSR count). The molecule has 0 unspecified atom stereocenters. The molecule has 0 bridgehead atoms. The number of anilines is 2. The number of nitrogens with zero attached hydrogens (tertiary/aromatic N) is 1. The van der Waals surface area contributed by atoms with Gasteiger partial charge in [0.1, 0.15) is 5.75 Å². The standard InChI is InChI=1S/C20H28N2O3S/c1-7-22(8-2)18-11-9-17(10-12-18)21-26(23,24)20-14(3)13-19(25-6)15(4)16(20)5/h9-13,21H,7-8H2,1-6H3. The molecule has 6 heteroatoms. The highest BCUT2D eigenvalue weighted by Gasteiger charge is 2.23. The van der Waals surface area contributed by atoms with E-state index >= 15 is 0 Å². The van der Waals surface area contributed by atoms with Gasteiger partial charge in [-0.25, -0.2) is 8.42 Å². The van der Waals surface area contributed by atoms with Crippen molar-refractivity contribution in [2.45, 2.75) is 39.5 Å². The Hall–Kier alpha value is -2.21. The maximum absolute atomic E-state index is 13.0. The van der Waals surface area contributed by atoms with Crippen molar-refractivity contribution in [2.75, 3.05) is 29.8 Å². The van der Waals surface area contributed by atoms with E-state index in [9.17, 15) is 8.42 Å². The van der Waals surface area contributed by atoms with Crippen LogP contribution in [-0.4, -0.2) is 28.6 Å². The number of nitrogens with one attached hydrogen (secondary N) is 1. The van der Waals surface area contributed by atoms with Crippen LogP contribution in [0.3, 0.4) is 0 Å². The van der Waals surface area contributed by atoms with Crippen molar-refractivity contribution in [1.82, 2.24) is 0 Å². The lowest BCUT2D eigenvalue weighted by Crippen LogP contribution is -2.21. The molecule has 0 saturated carbocycles. The number of benzene rings is 2. The summed E-state index contributed by atoms with van der Waals surface area (Å²) in [6.07, 6.45) is 0. The van der Waals surface area contributed by atoms with Crippen LogP contribution < -0.4 is 14.4 Å². The maximum atomic E-state index is 13.0. The van der Waals surface area contributed by atoms with Crippen molar-refractivity contribution in [1.29, 1.82) is 0 Å². The fourth-order valence-electron chi connectivity index (χ4n) is 3.18. The lowest BCUT2D eigenvalue weighted by Gasteiger charge is -2.21. The van der Waals surface area contributed by atoms with E-state index in [1.807, 2.05) is 26.0 Å². The van der Waals surface area contributed by atoms with Crippen LogP contribution >= 0.6 is 0 Å². The molecule has 1 N–H and O–H groups in total. The van der Waals surface area contributed by atoms with Crippen LogP contribution in [0.15, 0.2) is 35.2 Å². The number of hydrogen-bond acceptors (Lipinski definition) is 4. The largest absolute Gasteiger partial charge is 0.496 e. The Bertz CT molecular complexity index is 871. The molecule has 2 aromatic carbocycles. The fourth-order valence-corrected chi connectivity index (χ4v) is 4.77. The summed E-state index contributed by atoms with van der Waals surface area (Å²) in [6, 6.07) is 9.23. The van der Waals surface area contributed by atoms with Crippen molar-refractivity contribution < 1.29 is 13.2 Å². The van der Waals surface area contributed by atoms with Crippen LogP contribution in [0.5, 0.6) is 5.75 Å². The third-order valence-corrected chi connectivity index (χ3v) is 6.39. The molecular formula is C20H28N2O3S. The summed E-state index contributed by atoms with van der Waals surface area (Å²) >= 11 is 0. The average Bonchev–Trinajstić information content (AvgIpc) is 2.60. The zero-order chi connectivity index (χ0) is 19.5. The lowest BCUT2D eigenvalue weighted by molar-refractivity contribution is 0.410. The third-order valence-electron chi connectivity index (χ3n) is 4.72. The monoisotopic (exact) mass is 376 g/mol. The number of aryl methyl sites for hydroxylation is 1. The molecule has 0 spiro atoms. The predicted octanol–water partition coefficient (Wildman–Crippen LogP) is 4.27. The molecule has 0 heterocycles. The van der Waals surface area contributed by atoms with Crippen LogP contribution in [0.1, 0.15) is 30.5 Å². The van der Waals surface area contributed by atoms with Gasteiger partial charge in [0.25, 0.3) is 10.0 Å². The van der Waals surface area contributed by atoms with Crippen LogP contribution in [0, 0.1) is 20.8 Å². The van der Waals surface area contributed by atoms with Crippen molar-refractivity contribution in [2.24, 2.45) is 0 Å². The van der Waals surface area contributed by atoms with E-state index in [0.29, 0.717) is 27.5 Å². The molecule has 0 radical (unpaired) electrons. The van der Waals surface area contributed by atoms with Crippen molar-refractivity contribution >= 4 is 21.4 Å². The minimum absolute atomic E-state index is 0.309. The molecule has 26 heavy (non-hydrogen) atoms. The molecule has 2 aromatic rings. The van der Waals surface area contributed by atoms with Gasteiger partial charge in [0.2, 0.25) is 0 Å². The molecule has 5 nitrogen and oxygen atoms in total. The molecule has 0 saturated heterocycles. The topological polar surface area (TPSA) is 58.6 Å². The predicted molar refractivity (Wildman–Crippen MR) is 108 cm³/mol. The second kappa shape index (κ2) is 7.99. The van der Waals surface area contributed by atoms with E-state index in [4.69, 9.17) is 4.74 Å². The summed E-state index contributed by atoms with van der Waals surface area (Å²) in [6.45, 7) is 11.5. The Kier molecular flexibility index (Phi) is 6.18. The van der Waals surface area contributed by atoms with E-state index < -0.39 is 10.0 Å². The Morgan fingerprint density at radius 1 is 1.00 bits per heavy atom. The van der Waals surface area contributed by atoms with Crippen molar-refractivity contribution in [3.8, 4) is 5.75 Å². The van der Waals surface area contributed by atoms with Gasteiger partial charge in [-0.1, -0.05) is 0 Å². The molecule has 0 aliphatic rings. The van der Waals surface area contributed by atoms with E-state index in [-0.39, 0.29) is 0 Å². The normalized spacial score (nSPS) is 11.3. The first-order chi connectivity index (χ1) is 12.2. The maximum Gasteiger partial charge on any atom is 0.262 e. The van der Waals surface area contributed by atoms with Gasteiger partial charge in [-0.2, -0.15) is 0 Å². The van der Waals surface area contributed by atoms with Crippen LogP contribution in [-0.2, 0) is 10.0 Å². The first-order valence-electron chi connectivity index (χ1n) is 8.77. The summed E-state index contributed by atoms with van der Waals surface area (Å²) in [7, 11) is -2.10. The zero-order valence-electron chi connectivity index (χ0n) is 16.4. The average molecular weight is 377 g/mol. The quantitative estimate of drug-likeness (QED) is 0.784. The second-order valence-corrected chi connectivity index (χ2v) is 7.92. The summed E-state index contributed by atoms with van der Waals surface area (Å²) in [5, 5.41) is 0. The van der Waals surface area contributed by atoms with Gasteiger partial charge in [0, 0.05) is 24.5 Å². The molecule has 0 aliphatic heterocycles. The second-order valence-electron chi connectivity index (χ2n) is 6.30. The van der Waals surface area contributed by atoms with Crippen LogP contribution in [0.2, 0.25) is 0 Å². The van der Waals surface area contributed by atoms with Gasteiger partial charge >= 0.3 is 0 Å². The van der Waals surface area contributed by atoms with Crippen LogP contribution in [0.25, 0.3) is 0 Å². The highest BCUT2D eigenvalue weighted by molar-refractivity contribution is 7.92. The van der Waals surface area contributed by atoms with E-state index in [1.165, 1.54) is 0 Å². The Morgan fingerprint density at radius 3 is 2.08 bits per heavy atom. The zero-order valence-corrected chi connectivity index (χ0v) is 17.2. The summed E-state index contributed by atoms with van der Waals surface area (Å²) in [5.41, 5.74) is 3.82. The smallest absolute Gasteiger partial charge is 0.262 e. The Labute approximate surface area is 157 Å². The summed E-state index contributed by atoms with van der Waals surface area (Å²) in [4.78, 5) is 2.52. The Morgan fingerprint density at radius 2 is 1.58 bits per heavy atom. The summed E-state index contributed by atoms with van der Waals surface area (Å²) < 4.78 is 34.0. The number of rotatable bonds is 7. The molecule has 0 fully saturated rings. The first kappa shape index (κ1) is 20.1. The van der Waals surface area contributed by atoms with E-state index in [1.54, 1.807) is 32.2 Å². The molecule has 0 atom stereocenters. The molecule has 0 aromatic heterocycles. The summed E-state index contributed by atoms with van der Waals surface area (Å²) in [5.74, 6) is 0.697. The molecule has 142 valence electrons. The van der Waals surface area contributed by atoms with Gasteiger partial charge in [-0.3, -0.25) is 4.72 Å². The minimum atomic E-state index is -3.69. The fraction of sp³-hybridized carbons (Fsp3) is 0.400. The highest BCUT2D eigenvalue weighted by atomic mass is 32.2. The molecule has 0 amide bonds. The SMILES string of the molecule is CCN(CC)c1ccc(NS(=O)(=O)c2c(C)cc(OC)c(C)c2C)cc1. The van der Waals surface area contributed by atoms with Crippen molar-refractivity contribution in [3.05, 3.63) is 47.0 Å². The number of ether oxygens (including phenoxy) is 1. The van der Waals surface area contributed by atoms with Gasteiger partial charge < -0.3 is 9.64 Å². The van der Waals surface area contributed by atoms with Gasteiger partial charge in [-0.15, -0.1) is 0 Å². The number of hydrogen-bond donors (Lipinski definition) is 1. The first-order valence-corrected chi connectivity index (χ1v) is 10.3. The van der Waals surface area contributed by atoms with E-state index in [2.05, 4.69) is 23.5 Å². The lowest BCUT2D eigenvalue weighted by atomic mass is 10.1. The van der Waals surface area contributed by atoms with Gasteiger partial charge in [0.15, 0.2) is 0 Å².